The monoisotopic (exact) mass is 340 g/mol. The Morgan fingerprint density at radius 1 is 1.20 bits per heavy atom. The molecule has 1 aromatic heterocycles. The summed E-state index contributed by atoms with van der Waals surface area (Å²) < 4.78 is 24.4. The Labute approximate surface area is 129 Å². The van der Waals surface area contributed by atoms with Crippen LogP contribution in [0, 0.1) is 0 Å². The highest BCUT2D eigenvalue weighted by Crippen LogP contribution is 2.28. The van der Waals surface area contributed by atoms with Gasteiger partial charge in [-0.05, 0) is 13.0 Å². The second kappa shape index (κ2) is 7.31. The smallest absolute Gasteiger partial charge is 0.215 e. The summed E-state index contributed by atoms with van der Waals surface area (Å²) >= 11 is 12.0. The maximum atomic E-state index is 11.6. The van der Waals surface area contributed by atoms with Crippen molar-refractivity contribution in [3.8, 4) is 0 Å². The number of rotatable bonds is 7. The minimum atomic E-state index is -3.25. The minimum absolute atomic E-state index is 0.0445. The summed E-state index contributed by atoms with van der Waals surface area (Å²) in [4.78, 5) is 4.23. The fourth-order valence-corrected chi connectivity index (χ4v) is 2.58. The summed E-state index contributed by atoms with van der Waals surface area (Å²) in [6.45, 7) is 2.80. The number of nitrogens with one attached hydrogen (secondary N) is 2. The molecule has 20 heavy (non-hydrogen) atoms. The number of aromatic nitrogens is 1. The zero-order chi connectivity index (χ0) is 15.3. The maximum Gasteiger partial charge on any atom is 0.215 e. The molecule has 0 aliphatic rings. The van der Waals surface area contributed by atoms with Gasteiger partial charge in [-0.3, -0.25) is 0 Å². The van der Waals surface area contributed by atoms with Crippen LogP contribution in [0.3, 0.4) is 0 Å². The number of hydrogen-bond acceptors (Lipinski definition) is 5. The summed E-state index contributed by atoms with van der Waals surface area (Å²) in [5, 5.41) is 6.67. The lowest BCUT2D eigenvalue weighted by atomic mass is 10.4. The third-order valence-corrected chi connectivity index (χ3v) is 4.89. The summed E-state index contributed by atoms with van der Waals surface area (Å²) in [5.74, 6) is 0.870. The van der Waals surface area contributed by atoms with Crippen molar-refractivity contribution in [2.75, 3.05) is 43.6 Å². The van der Waals surface area contributed by atoms with Crippen molar-refractivity contribution in [1.82, 2.24) is 9.29 Å². The molecule has 0 bridgehead atoms. The van der Waals surface area contributed by atoms with E-state index >= 15 is 0 Å². The first-order chi connectivity index (χ1) is 9.27. The zero-order valence-electron chi connectivity index (χ0n) is 11.6. The minimum Gasteiger partial charge on any atom is -0.369 e. The normalized spacial score (nSPS) is 11.7. The van der Waals surface area contributed by atoms with Crippen molar-refractivity contribution in [2.45, 2.75) is 6.92 Å². The van der Waals surface area contributed by atoms with Gasteiger partial charge in [-0.15, -0.1) is 0 Å². The third-order valence-electron chi connectivity index (χ3n) is 2.48. The molecule has 0 atom stereocenters. The van der Waals surface area contributed by atoms with Crippen molar-refractivity contribution in [1.29, 1.82) is 0 Å². The number of anilines is 2. The molecule has 0 unspecified atom stereocenters. The van der Waals surface area contributed by atoms with Crippen molar-refractivity contribution >= 4 is 44.9 Å². The van der Waals surface area contributed by atoms with Crippen molar-refractivity contribution in [3.63, 3.8) is 0 Å². The molecule has 0 saturated carbocycles. The van der Waals surface area contributed by atoms with E-state index in [1.165, 1.54) is 18.4 Å². The van der Waals surface area contributed by atoms with E-state index in [1.807, 2.05) is 6.92 Å². The van der Waals surface area contributed by atoms with Gasteiger partial charge in [0.15, 0.2) is 0 Å². The summed E-state index contributed by atoms with van der Waals surface area (Å²) in [6.07, 6.45) is 0. The molecule has 1 rings (SSSR count). The number of halogens is 2. The molecule has 0 aliphatic carbocycles. The molecule has 0 amide bonds. The van der Waals surface area contributed by atoms with Crippen LogP contribution in [0.15, 0.2) is 6.07 Å². The van der Waals surface area contributed by atoms with Crippen LogP contribution >= 0.6 is 23.2 Å². The van der Waals surface area contributed by atoms with Gasteiger partial charge in [-0.2, -0.15) is 0 Å². The maximum absolute atomic E-state index is 11.6. The van der Waals surface area contributed by atoms with Crippen LogP contribution in [-0.2, 0) is 10.0 Å². The highest BCUT2D eigenvalue weighted by Gasteiger charge is 2.14. The molecule has 0 fully saturated rings. The van der Waals surface area contributed by atoms with Crippen molar-refractivity contribution in [3.05, 3.63) is 16.1 Å². The van der Waals surface area contributed by atoms with Gasteiger partial charge in [0.2, 0.25) is 10.0 Å². The topological polar surface area (TPSA) is 74.3 Å². The summed E-state index contributed by atoms with van der Waals surface area (Å²) in [5.41, 5.74) is 0. The zero-order valence-corrected chi connectivity index (χ0v) is 13.9. The largest absolute Gasteiger partial charge is 0.369 e. The second-order valence-corrected chi connectivity index (χ2v) is 7.32. The molecule has 0 aromatic carbocycles. The number of pyridine rings is 1. The SMILES string of the molecule is CCNc1nc(NCCS(=O)(=O)N(C)C)c(Cl)cc1Cl. The summed E-state index contributed by atoms with van der Waals surface area (Å²) in [7, 11) is -0.267. The van der Waals surface area contributed by atoms with Crippen LogP contribution in [0.2, 0.25) is 10.0 Å². The number of nitrogens with zero attached hydrogens (tertiary/aromatic N) is 2. The predicted molar refractivity (Wildman–Crippen MR) is 84.4 cm³/mol. The molecule has 1 heterocycles. The molecule has 0 spiro atoms. The van der Waals surface area contributed by atoms with Gasteiger partial charge < -0.3 is 10.6 Å². The van der Waals surface area contributed by atoms with Crippen LogP contribution in [0.5, 0.6) is 0 Å². The molecule has 114 valence electrons. The van der Waals surface area contributed by atoms with Gasteiger partial charge in [-0.25, -0.2) is 17.7 Å². The highest BCUT2D eigenvalue weighted by atomic mass is 35.5. The lowest BCUT2D eigenvalue weighted by molar-refractivity contribution is 0.521. The first kappa shape index (κ1) is 17.3. The molecular formula is C11H18Cl2N4O2S. The van der Waals surface area contributed by atoms with Crippen LogP contribution in [0.1, 0.15) is 6.92 Å². The van der Waals surface area contributed by atoms with E-state index in [1.54, 1.807) is 6.07 Å². The molecule has 0 aliphatic heterocycles. The number of sulfonamides is 1. The van der Waals surface area contributed by atoms with Crippen LogP contribution in [-0.4, -0.2) is 50.6 Å². The van der Waals surface area contributed by atoms with E-state index in [9.17, 15) is 8.42 Å². The van der Waals surface area contributed by atoms with Gasteiger partial charge in [0.1, 0.15) is 11.6 Å². The molecule has 0 saturated heterocycles. The lowest BCUT2D eigenvalue weighted by Gasteiger charge is -2.14. The van der Waals surface area contributed by atoms with Gasteiger partial charge in [0, 0.05) is 27.2 Å². The average molecular weight is 341 g/mol. The van der Waals surface area contributed by atoms with Crippen molar-refractivity contribution < 1.29 is 8.42 Å². The van der Waals surface area contributed by atoms with Gasteiger partial charge in [-0.1, -0.05) is 23.2 Å². The Morgan fingerprint density at radius 2 is 1.75 bits per heavy atom. The second-order valence-electron chi connectivity index (χ2n) is 4.20. The Balaban J connectivity index is 2.76. The highest BCUT2D eigenvalue weighted by molar-refractivity contribution is 7.89. The first-order valence-electron chi connectivity index (χ1n) is 6.02. The Hall–Kier alpha value is -0.760. The van der Waals surface area contributed by atoms with Gasteiger partial charge >= 0.3 is 0 Å². The van der Waals surface area contributed by atoms with E-state index in [4.69, 9.17) is 23.2 Å². The molecule has 2 N–H and O–H groups in total. The molecule has 6 nitrogen and oxygen atoms in total. The van der Waals surface area contributed by atoms with Crippen molar-refractivity contribution in [2.24, 2.45) is 0 Å². The van der Waals surface area contributed by atoms with Gasteiger partial charge in [0.25, 0.3) is 0 Å². The molecule has 0 radical (unpaired) electrons. The van der Waals surface area contributed by atoms with E-state index < -0.39 is 10.0 Å². The lowest BCUT2D eigenvalue weighted by Crippen LogP contribution is -2.28. The van der Waals surface area contributed by atoms with Crippen LogP contribution in [0.25, 0.3) is 0 Å². The number of hydrogen-bond donors (Lipinski definition) is 2. The van der Waals surface area contributed by atoms with E-state index in [0.717, 1.165) is 0 Å². The molecular weight excluding hydrogens is 323 g/mol. The molecule has 1 aromatic rings. The quantitative estimate of drug-likeness (QED) is 0.795. The molecule has 9 heteroatoms. The van der Waals surface area contributed by atoms with E-state index in [0.29, 0.717) is 28.2 Å². The Bertz CT molecular complexity index is 564. The van der Waals surface area contributed by atoms with E-state index in [2.05, 4.69) is 15.6 Å². The van der Waals surface area contributed by atoms with Crippen LogP contribution < -0.4 is 10.6 Å². The Kier molecular flexibility index (Phi) is 6.32. The Morgan fingerprint density at radius 3 is 2.25 bits per heavy atom. The first-order valence-corrected chi connectivity index (χ1v) is 8.38. The third kappa shape index (κ3) is 4.66. The standard InChI is InChI=1S/C11H18Cl2N4O2S/c1-4-14-10-8(12)7-9(13)11(16-10)15-5-6-20(18,19)17(2)3/h7H,4-6H2,1-3H3,(H2,14,15,16). The predicted octanol–water partition coefficient (Wildman–Crippen LogP) is 2.12. The fraction of sp³-hybridized carbons (Fsp3) is 0.545. The fourth-order valence-electron chi connectivity index (χ4n) is 1.36. The van der Waals surface area contributed by atoms with Crippen LogP contribution in [0.4, 0.5) is 11.6 Å². The summed E-state index contributed by atoms with van der Waals surface area (Å²) in [6, 6.07) is 1.57. The van der Waals surface area contributed by atoms with E-state index in [-0.39, 0.29) is 12.3 Å². The average Bonchev–Trinajstić information content (AvgIpc) is 2.34. The van der Waals surface area contributed by atoms with Gasteiger partial charge in [0.05, 0.1) is 15.8 Å².